The summed E-state index contributed by atoms with van der Waals surface area (Å²) in [5, 5.41) is 0. The van der Waals surface area contributed by atoms with E-state index in [4.69, 9.17) is 9.47 Å². The fraction of sp³-hybridized carbons (Fsp3) is 0.182. The minimum atomic E-state index is 0.714. The molecule has 1 rings (SSSR count). The maximum atomic E-state index is 5.13. The van der Waals surface area contributed by atoms with Gasteiger partial charge in [-0.05, 0) is 23.8 Å². The van der Waals surface area contributed by atoms with Gasteiger partial charge < -0.3 is 9.47 Å². The summed E-state index contributed by atoms with van der Waals surface area (Å²) in [7, 11) is 3.22. The second-order valence-corrected chi connectivity index (χ2v) is 2.46. The summed E-state index contributed by atoms with van der Waals surface area (Å²) in [6.07, 6.45) is 1.78. The van der Waals surface area contributed by atoms with E-state index < -0.39 is 0 Å². The third-order valence-electron chi connectivity index (χ3n) is 1.68. The first-order valence-corrected chi connectivity index (χ1v) is 3.89. The molecule has 1 aromatic carbocycles. The Kier molecular flexibility index (Phi) is 3.18. The third-order valence-corrected chi connectivity index (χ3v) is 1.68. The Hall–Kier alpha value is -1.66. The van der Waals surface area contributed by atoms with Crippen LogP contribution in [0.3, 0.4) is 0 Å². The predicted molar refractivity (Wildman–Crippen MR) is 53.2 cm³/mol. The lowest BCUT2D eigenvalue weighted by Gasteiger charge is -2.07. The molecule has 68 valence electrons. The van der Waals surface area contributed by atoms with E-state index in [0.717, 1.165) is 11.3 Å². The molecule has 0 bridgehead atoms. The Morgan fingerprint density at radius 2 is 1.92 bits per heavy atom. The molecule has 1 aromatic rings. The topological polar surface area (TPSA) is 18.5 Å². The van der Waals surface area contributed by atoms with Crippen LogP contribution in [0.1, 0.15) is 5.56 Å². The minimum absolute atomic E-state index is 0.714. The maximum absolute atomic E-state index is 5.13. The van der Waals surface area contributed by atoms with Crippen molar-refractivity contribution in [2.24, 2.45) is 0 Å². The monoisotopic (exact) mass is 176 g/mol. The van der Waals surface area contributed by atoms with Gasteiger partial charge >= 0.3 is 0 Å². The Morgan fingerprint density at radius 3 is 2.46 bits per heavy atom. The van der Waals surface area contributed by atoms with Crippen molar-refractivity contribution in [3.8, 4) is 11.5 Å². The van der Waals surface area contributed by atoms with Crippen molar-refractivity contribution in [3.63, 3.8) is 0 Å². The quantitative estimate of drug-likeness (QED) is 0.659. The molecule has 0 aliphatic carbocycles. The van der Waals surface area contributed by atoms with Crippen LogP contribution >= 0.6 is 0 Å². The molecule has 0 saturated carbocycles. The normalized spacial score (nSPS) is 8.77. The molecule has 2 nitrogen and oxygen atoms in total. The maximum Gasteiger partial charge on any atom is 0.161 e. The fourth-order valence-corrected chi connectivity index (χ4v) is 1.06. The minimum Gasteiger partial charge on any atom is -0.493 e. The highest BCUT2D eigenvalue weighted by Crippen LogP contribution is 2.27. The number of hydrogen-bond donors (Lipinski definition) is 0. The summed E-state index contributed by atoms with van der Waals surface area (Å²) >= 11 is 0. The molecule has 0 spiro atoms. The molecule has 0 unspecified atom stereocenters. The second kappa shape index (κ2) is 4.39. The highest BCUT2D eigenvalue weighted by Gasteiger charge is 2.01. The highest BCUT2D eigenvalue weighted by atomic mass is 16.5. The average Bonchev–Trinajstić information content (AvgIpc) is 2.18. The molecule has 2 heteroatoms. The molecule has 0 aliphatic rings. The van der Waals surface area contributed by atoms with Crippen molar-refractivity contribution in [2.75, 3.05) is 14.2 Å². The van der Waals surface area contributed by atoms with Gasteiger partial charge in [0.2, 0.25) is 0 Å². The van der Waals surface area contributed by atoms with Gasteiger partial charge in [-0.3, -0.25) is 0 Å². The largest absolute Gasteiger partial charge is 0.493 e. The predicted octanol–water partition coefficient (Wildman–Crippen LogP) is 2.50. The van der Waals surface area contributed by atoms with Crippen LogP contribution in [-0.4, -0.2) is 14.2 Å². The first kappa shape index (κ1) is 9.43. The SMILES string of the molecule is C=C=Cc1ccc(OC)c(OC)c1. The lowest BCUT2D eigenvalue weighted by molar-refractivity contribution is 0.355. The number of benzene rings is 1. The molecule has 0 amide bonds. The molecule has 0 heterocycles. The van der Waals surface area contributed by atoms with Crippen molar-refractivity contribution < 1.29 is 9.47 Å². The van der Waals surface area contributed by atoms with Crippen LogP contribution in [0.25, 0.3) is 6.08 Å². The van der Waals surface area contributed by atoms with Gasteiger partial charge in [-0.1, -0.05) is 12.6 Å². The molecule has 0 N–H and O–H groups in total. The fourth-order valence-electron chi connectivity index (χ4n) is 1.06. The van der Waals surface area contributed by atoms with Crippen molar-refractivity contribution >= 4 is 6.08 Å². The second-order valence-electron chi connectivity index (χ2n) is 2.46. The number of rotatable bonds is 3. The van der Waals surface area contributed by atoms with Crippen LogP contribution in [-0.2, 0) is 0 Å². The zero-order valence-corrected chi connectivity index (χ0v) is 7.83. The van der Waals surface area contributed by atoms with Crippen LogP contribution in [0.2, 0.25) is 0 Å². The van der Waals surface area contributed by atoms with E-state index in [0.29, 0.717) is 5.75 Å². The summed E-state index contributed by atoms with van der Waals surface area (Å²) in [6, 6.07) is 5.64. The van der Waals surface area contributed by atoms with Crippen molar-refractivity contribution in [3.05, 3.63) is 36.1 Å². The molecule has 0 atom stereocenters. The standard InChI is InChI=1S/C11H12O2/c1-4-5-9-6-7-10(12-2)11(8-9)13-3/h5-8H,1H2,2-3H3. The van der Waals surface area contributed by atoms with Gasteiger partial charge in [0.15, 0.2) is 11.5 Å². The lowest BCUT2D eigenvalue weighted by atomic mass is 10.2. The average molecular weight is 176 g/mol. The van der Waals surface area contributed by atoms with E-state index in [1.54, 1.807) is 20.3 Å². The van der Waals surface area contributed by atoms with Gasteiger partial charge in [0.25, 0.3) is 0 Å². The van der Waals surface area contributed by atoms with Gasteiger partial charge in [0.05, 0.1) is 14.2 Å². The van der Waals surface area contributed by atoms with Crippen molar-refractivity contribution in [1.82, 2.24) is 0 Å². The van der Waals surface area contributed by atoms with E-state index in [1.807, 2.05) is 18.2 Å². The number of ether oxygens (including phenoxy) is 2. The highest BCUT2D eigenvalue weighted by molar-refractivity contribution is 5.55. The van der Waals surface area contributed by atoms with Crippen molar-refractivity contribution in [2.45, 2.75) is 0 Å². The van der Waals surface area contributed by atoms with Gasteiger partial charge in [-0.15, -0.1) is 5.73 Å². The molecule has 13 heavy (non-hydrogen) atoms. The van der Waals surface area contributed by atoms with Crippen LogP contribution in [0.5, 0.6) is 11.5 Å². The molecular weight excluding hydrogens is 164 g/mol. The molecule has 0 fully saturated rings. The first-order valence-electron chi connectivity index (χ1n) is 3.89. The van der Waals surface area contributed by atoms with Crippen LogP contribution in [0.15, 0.2) is 30.5 Å². The van der Waals surface area contributed by atoms with E-state index in [-0.39, 0.29) is 0 Å². The van der Waals surface area contributed by atoms with Crippen molar-refractivity contribution in [1.29, 1.82) is 0 Å². The van der Waals surface area contributed by atoms with E-state index >= 15 is 0 Å². The smallest absolute Gasteiger partial charge is 0.161 e. The molecule has 0 radical (unpaired) electrons. The summed E-state index contributed by atoms with van der Waals surface area (Å²) in [5.74, 6) is 1.44. The summed E-state index contributed by atoms with van der Waals surface area (Å²) in [5.41, 5.74) is 3.69. The van der Waals surface area contributed by atoms with E-state index in [9.17, 15) is 0 Å². The molecule has 0 aromatic heterocycles. The summed E-state index contributed by atoms with van der Waals surface area (Å²) in [6.45, 7) is 3.50. The zero-order valence-electron chi connectivity index (χ0n) is 7.83. The Morgan fingerprint density at radius 1 is 1.23 bits per heavy atom. The lowest BCUT2D eigenvalue weighted by Crippen LogP contribution is -1.90. The van der Waals surface area contributed by atoms with Crippen LogP contribution < -0.4 is 9.47 Å². The van der Waals surface area contributed by atoms with E-state index in [1.165, 1.54) is 0 Å². The van der Waals surface area contributed by atoms with Crippen LogP contribution in [0, 0.1) is 0 Å². The third kappa shape index (κ3) is 2.14. The number of methoxy groups -OCH3 is 2. The zero-order chi connectivity index (χ0) is 9.68. The Balaban J connectivity index is 3.12. The van der Waals surface area contributed by atoms with E-state index in [2.05, 4.69) is 12.3 Å². The number of hydrogen-bond acceptors (Lipinski definition) is 2. The van der Waals surface area contributed by atoms with Gasteiger partial charge in [0.1, 0.15) is 0 Å². The van der Waals surface area contributed by atoms with Gasteiger partial charge in [0, 0.05) is 0 Å². The molecule has 0 aliphatic heterocycles. The summed E-state index contributed by atoms with van der Waals surface area (Å²) in [4.78, 5) is 0. The molecule has 0 saturated heterocycles. The Labute approximate surface area is 78.1 Å². The first-order chi connectivity index (χ1) is 6.31. The Bertz CT molecular complexity index is 336. The van der Waals surface area contributed by atoms with Crippen LogP contribution in [0.4, 0.5) is 0 Å². The summed E-state index contributed by atoms with van der Waals surface area (Å²) < 4.78 is 10.2. The van der Waals surface area contributed by atoms with Gasteiger partial charge in [-0.2, -0.15) is 0 Å². The van der Waals surface area contributed by atoms with Gasteiger partial charge in [-0.25, -0.2) is 0 Å². The molecular formula is C11H12O2.